The summed E-state index contributed by atoms with van der Waals surface area (Å²) in [5.74, 6) is 0.608. The molecule has 1 N–H and O–H groups in total. The number of rotatable bonds is 5. The van der Waals surface area contributed by atoms with Crippen LogP contribution in [0.3, 0.4) is 0 Å². The zero-order valence-corrected chi connectivity index (χ0v) is 13.2. The van der Waals surface area contributed by atoms with Crippen LogP contribution in [0.15, 0.2) is 42.7 Å². The Labute approximate surface area is 136 Å². The van der Waals surface area contributed by atoms with Crippen LogP contribution in [0.25, 0.3) is 0 Å². The van der Waals surface area contributed by atoms with Crippen molar-refractivity contribution in [3.05, 3.63) is 53.9 Å². The molecule has 0 aliphatic carbocycles. The third-order valence-electron chi connectivity index (χ3n) is 4.08. The van der Waals surface area contributed by atoms with Crippen molar-refractivity contribution in [3.8, 4) is 0 Å². The van der Waals surface area contributed by atoms with Crippen LogP contribution in [0.4, 0.5) is 5.95 Å². The van der Waals surface area contributed by atoms with Crippen LogP contribution in [0, 0.1) is 0 Å². The molecule has 5 heteroatoms. The van der Waals surface area contributed by atoms with E-state index in [9.17, 15) is 4.79 Å². The summed E-state index contributed by atoms with van der Waals surface area (Å²) in [6.07, 6.45) is 7.71. The maximum atomic E-state index is 12.1. The van der Waals surface area contributed by atoms with Crippen LogP contribution in [0.1, 0.15) is 35.2 Å². The van der Waals surface area contributed by atoms with Crippen molar-refractivity contribution in [2.75, 3.05) is 24.5 Å². The molecule has 5 nitrogen and oxygen atoms in total. The molecule has 1 amide bonds. The third kappa shape index (κ3) is 4.28. The van der Waals surface area contributed by atoms with Crippen LogP contribution >= 0.6 is 0 Å². The smallest absolute Gasteiger partial charge is 0.254 e. The minimum atomic E-state index is -0.119. The number of aromatic nitrogens is 2. The van der Waals surface area contributed by atoms with Gasteiger partial charge in [-0.1, -0.05) is 30.3 Å². The fourth-order valence-corrected chi connectivity index (χ4v) is 2.76. The summed E-state index contributed by atoms with van der Waals surface area (Å²) in [5, 5.41) is 2.91. The SMILES string of the molecule is O=C(NCCc1ccccc1)c1cnc(N2CCCCC2)nc1. The summed E-state index contributed by atoms with van der Waals surface area (Å²) in [5.41, 5.74) is 1.73. The maximum absolute atomic E-state index is 12.1. The van der Waals surface area contributed by atoms with Crippen molar-refractivity contribution in [1.29, 1.82) is 0 Å². The normalized spacial score (nSPS) is 14.5. The monoisotopic (exact) mass is 310 g/mol. The zero-order valence-electron chi connectivity index (χ0n) is 13.2. The van der Waals surface area contributed by atoms with Gasteiger partial charge in [-0.3, -0.25) is 4.79 Å². The molecular formula is C18H22N4O. The highest BCUT2D eigenvalue weighted by atomic mass is 16.1. The fourth-order valence-electron chi connectivity index (χ4n) is 2.76. The van der Waals surface area contributed by atoms with Gasteiger partial charge >= 0.3 is 0 Å². The van der Waals surface area contributed by atoms with Crippen molar-refractivity contribution >= 4 is 11.9 Å². The Morgan fingerprint density at radius 2 is 1.74 bits per heavy atom. The average molecular weight is 310 g/mol. The first-order chi connectivity index (χ1) is 11.3. The number of nitrogens with zero attached hydrogens (tertiary/aromatic N) is 3. The summed E-state index contributed by atoms with van der Waals surface area (Å²) >= 11 is 0. The molecule has 1 fully saturated rings. The molecule has 0 radical (unpaired) electrons. The molecule has 1 aliphatic rings. The lowest BCUT2D eigenvalue weighted by Gasteiger charge is -2.26. The van der Waals surface area contributed by atoms with E-state index in [1.165, 1.54) is 24.8 Å². The number of hydrogen-bond donors (Lipinski definition) is 1. The second-order valence-electron chi connectivity index (χ2n) is 5.81. The number of benzene rings is 1. The average Bonchev–Trinajstić information content (AvgIpc) is 2.63. The molecule has 23 heavy (non-hydrogen) atoms. The van der Waals surface area contributed by atoms with E-state index in [4.69, 9.17) is 0 Å². The maximum Gasteiger partial charge on any atom is 0.254 e. The molecule has 1 saturated heterocycles. The Bertz CT molecular complexity index is 621. The molecule has 0 saturated carbocycles. The van der Waals surface area contributed by atoms with Gasteiger partial charge in [0.05, 0.1) is 5.56 Å². The van der Waals surface area contributed by atoms with Crippen LogP contribution in [-0.2, 0) is 6.42 Å². The van der Waals surface area contributed by atoms with Gasteiger partial charge in [0.2, 0.25) is 5.95 Å². The molecule has 0 bridgehead atoms. The van der Waals surface area contributed by atoms with E-state index in [2.05, 4.69) is 32.3 Å². The number of nitrogens with one attached hydrogen (secondary N) is 1. The standard InChI is InChI=1S/C18H22N4O/c23-17(19-10-9-15-7-3-1-4-8-15)16-13-20-18(21-14-16)22-11-5-2-6-12-22/h1,3-4,7-8,13-14H,2,5-6,9-12H2,(H,19,23). The van der Waals surface area contributed by atoms with Crippen LogP contribution in [-0.4, -0.2) is 35.5 Å². The summed E-state index contributed by atoms with van der Waals surface area (Å²) in [6, 6.07) is 10.1. The summed E-state index contributed by atoms with van der Waals surface area (Å²) < 4.78 is 0. The minimum Gasteiger partial charge on any atom is -0.352 e. The number of carbonyl (C=O) groups excluding carboxylic acids is 1. The second-order valence-corrected chi connectivity index (χ2v) is 5.81. The summed E-state index contributed by atoms with van der Waals surface area (Å²) in [7, 11) is 0. The number of piperidine rings is 1. The first kappa shape index (κ1) is 15.5. The van der Waals surface area contributed by atoms with E-state index in [1.54, 1.807) is 12.4 Å². The molecule has 120 valence electrons. The number of hydrogen-bond acceptors (Lipinski definition) is 4. The largest absolute Gasteiger partial charge is 0.352 e. The molecule has 3 rings (SSSR count). The van der Waals surface area contributed by atoms with Crippen LogP contribution < -0.4 is 10.2 Å². The van der Waals surface area contributed by atoms with Gasteiger partial charge in [0.1, 0.15) is 0 Å². The third-order valence-corrected chi connectivity index (χ3v) is 4.08. The Morgan fingerprint density at radius 3 is 2.43 bits per heavy atom. The van der Waals surface area contributed by atoms with Gasteiger partial charge in [0.15, 0.2) is 0 Å². The molecular weight excluding hydrogens is 288 g/mol. The van der Waals surface area contributed by atoms with Crippen molar-refractivity contribution in [1.82, 2.24) is 15.3 Å². The van der Waals surface area contributed by atoms with Gasteiger partial charge in [-0.25, -0.2) is 9.97 Å². The Kier molecular flexibility index (Phi) is 5.19. The lowest BCUT2D eigenvalue weighted by molar-refractivity contribution is 0.0953. The Morgan fingerprint density at radius 1 is 1.04 bits per heavy atom. The molecule has 1 aliphatic heterocycles. The van der Waals surface area contributed by atoms with Gasteiger partial charge in [0.25, 0.3) is 5.91 Å². The van der Waals surface area contributed by atoms with Crippen molar-refractivity contribution in [2.24, 2.45) is 0 Å². The Balaban J connectivity index is 1.51. The summed E-state index contributed by atoms with van der Waals surface area (Å²) in [6.45, 7) is 2.61. The topological polar surface area (TPSA) is 58.1 Å². The van der Waals surface area contributed by atoms with E-state index in [0.29, 0.717) is 12.1 Å². The van der Waals surface area contributed by atoms with Crippen LogP contribution in [0.5, 0.6) is 0 Å². The molecule has 1 aromatic heterocycles. The summed E-state index contributed by atoms with van der Waals surface area (Å²) in [4.78, 5) is 23.0. The first-order valence-electron chi connectivity index (χ1n) is 8.22. The first-order valence-corrected chi connectivity index (χ1v) is 8.22. The minimum absolute atomic E-state index is 0.119. The number of amides is 1. The van der Waals surface area contributed by atoms with Gasteiger partial charge in [0, 0.05) is 32.0 Å². The molecule has 0 atom stereocenters. The molecule has 2 aromatic rings. The fraction of sp³-hybridized carbons (Fsp3) is 0.389. The number of anilines is 1. The highest BCUT2D eigenvalue weighted by molar-refractivity contribution is 5.93. The molecule has 0 spiro atoms. The van der Waals surface area contributed by atoms with E-state index in [1.807, 2.05) is 18.2 Å². The molecule has 1 aromatic carbocycles. The van der Waals surface area contributed by atoms with Gasteiger partial charge in [-0.05, 0) is 31.2 Å². The van der Waals surface area contributed by atoms with Crippen molar-refractivity contribution in [3.63, 3.8) is 0 Å². The second kappa shape index (κ2) is 7.72. The quantitative estimate of drug-likeness (QED) is 0.921. The zero-order chi connectivity index (χ0) is 15.9. The van der Waals surface area contributed by atoms with Crippen molar-refractivity contribution in [2.45, 2.75) is 25.7 Å². The van der Waals surface area contributed by atoms with Crippen molar-refractivity contribution < 1.29 is 4.79 Å². The Hall–Kier alpha value is -2.43. The highest BCUT2D eigenvalue weighted by Gasteiger charge is 2.14. The van der Waals surface area contributed by atoms with Gasteiger partial charge < -0.3 is 10.2 Å². The van der Waals surface area contributed by atoms with E-state index >= 15 is 0 Å². The lowest BCUT2D eigenvalue weighted by atomic mass is 10.1. The number of carbonyl (C=O) groups is 1. The molecule has 2 heterocycles. The van der Waals surface area contributed by atoms with E-state index in [0.717, 1.165) is 25.5 Å². The lowest BCUT2D eigenvalue weighted by Crippen LogP contribution is -2.31. The van der Waals surface area contributed by atoms with Crippen LogP contribution in [0.2, 0.25) is 0 Å². The van der Waals surface area contributed by atoms with Gasteiger partial charge in [-0.2, -0.15) is 0 Å². The van der Waals surface area contributed by atoms with E-state index in [-0.39, 0.29) is 5.91 Å². The predicted octanol–water partition coefficient (Wildman–Crippen LogP) is 2.44. The van der Waals surface area contributed by atoms with Gasteiger partial charge in [-0.15, -0.1) is 0 Å². The van der Waals surface area contributed by atoms with E-state index < -0.39 is 0 Å². The predicted molar refractivity (Wildman–Crippen MR) is 90.6 cm³/mol. The molecule has 0 unspecified atom stereocenters. The highest BCUT2D eigenvalue weighted by Crippen LogP contribution is 2.14.